The Morgan fingerprint density at radius 2 is 1.93 bits per heavy atom. The van der Waals surface area contributed by atoms with Crippen molar-refractivity contribution in [3.8, 4) is 5.75 Å². The third-order valence-electron chi connectivity index (χ3n) is 4.94. The first-order chi connectivity index (χ1) is 13.2. The fraction of sp³-hybridized carbons (Fsp3) is 0.333. The number of rotatable bonds is 5. The zero-order chi connectivity index (χ0) is 18.6. The van der Waals surface area contributed by atoms with Gasteiger partial charge in [-0.1, -0.05) is 60.4 Å². The van der Waals surface area contributed by atoms with Crippen LogP contribution in [0.25, 0.3) is 10.2 Å². The lowest BCUT2D eigenvalue weighted by Gasteiger charge is -2.22. The number of anilines is 1. The van der Waals surface area contributed by atoms with Crippen molar-refractivity contribution < 1.29 is 9.53 Å². The summed E-state index contributed by atoms with van der Waals surface area (Å²) in [5.74, 6) is 1.14. The van der Waals surface area contributed by atoms with Gasteiger partial charge in [0.2, 0.25) is 0 Å². The molecule has 0 radical (unpaired) electrons. The van der Waals surface area contributed by atoms with Gasteiger partial charge >= 0.3 is 0 Å². The predicted molar refractivity (Wildman–Crippen MR) is 111 cm³/mol. The Morgan fingerprint density at radius 3 is 2.67 bits per heavy atom. The molecule has 0 atom stereocenters. The van der Waals surface area contributed by atoms with Gasteiger partial charge in [-0.2, -0.15) is 0 Å². The summed E-state index contributed by atoms with van der Waals surface area (Å²) in [5.41, 5.74) is 2.08. The van der Waals surface area contributed by atoms with Gasteiger partial charge in [-0.15, -0.1) is 0 Å². The lowest BCUT2D eigenvalue weighted by Crippen LogP contribution is -2.20. The Labute approximate surface area is 167 Å². The van der Waals surface area contributed by atoms with Gasteiger partial charge in [0.05, 0.1) is 9.72 Å². The summed E-state index contributed by atoms with van der Waals surface area (Å²) < 4.78 is 6.56. The van der Waals surface area contributed by atoms with Gasteiger partial charge in [0.1, 0.15) is 11.3 Å². The van der Waals surface area contributed by atoms with Gasteiger partial charge < -0.3 is 4.74 Å². The minimum absolute atomic E-state index is 0.0492. The van der Waals surface area contributed by atoms with Crippen molar-refractivity contribution in [2.24, 2.45) is 0 Å². The summed E-state index contributed by atoms with van der Waals surface area (Å²) in [6.45, 7) is -0.0492. The van der Waals surface area contributed by atoms with E-state index in [4.69, 9.17) is 16.3 Å². The fourth-order valence-electron chi connectivity index (χ4n) is 3.54. The van der Waals surface area contributed by atoms with Crippen LogP contribution < -0.4 is 10.1 Å². The molecule has 1 heterocycles. The summed E-state index contributed by atoms with van der Waals surface area (Å²) in [5, 5.41) is 3.89. The Morgan fingerprint density at radius 1 is 1.15 bits per heavy atom. The largest absolute Gasteiger partial charge is 0.484 e. The van der Waals surface area contributed by atoms with E-state index in [9.17, 15) is 4.79 Å². The molecule has 4 nitrogen and oxygen atoms in total. The van der Waals surface area contributed by atoms with Crippen LogP contribution in [0.1, 0.15) is 43.6 Å². The molecule has 1 N–H and O–H groups in total. The van der Waals surface area contributed by atoms with Crippen LogP contribution in [0, 0.1) is 0 Å². The van der Waals surface area contributed by atoms with Crippen molar-refractivity contribution in [2.75, 3.05) is 11.9 Å². The zero-order valence-corrected chi connectivity index (χ0v) is 16.5. The average molecular weight is 401 g/mol. The number of carbonyl (C=O) groups excluding carboxylic acids is 1. The molecule has 0 bridgehead atoms. The number of carbonyl (C=O) groups is 1. The maximum atomic E-state index is 12.2. The van der Waals surface area contributed by atoms with E-state index < -0.39 is 0 Å². The SMILES string of the molecule is O=C(COc1ccc(C2CCCCC2)cc1)Nc1nc2c(Cl)cccc2s1. The molecule has 0 aliphatic heterocycles. The number of benzene rings is 2. The molecule has 3 aromatic rings. The summed E-state index contributed by atoms with van der Waals surface area (Å²) >= 11 is 7.52. The van der Waals surface area contributed by atoms with Crippen LogP contribution in [0.15, 0.2) is 42.5 Å². The molecule has 1 fully saturated rings. The summed E-state index contributed by atoms with van der Waals surface area (Å²) in [7, 11) is 0. The number of nitrogens with zero attached hydrogens (tertiary/aromatic N) is 1. The smallest absolute Gasteiger partial charge is 0.264 e. The second-order valence-electron chi connectivity index (χ2n) is 6.85. The van der Waals surface area contributed by atoms with Crippen LogP contribution in [-0.4, -0.2) is 17.5 Å². The number of aromatic nitrogens is 1. The first-order valence-electron chi connectivity index (χ1n) is 9.27. The standard InChI is InChI=1S/C21H21ClN2O2S/c22-17-7-4-8-18-20(17)24-21(27-18)23-19(25)13-26-16-11-9-15(10-12-16)14-5-2-1-3-6-14/h4,7-12,14H,1-3,5-6,13H2,(H,23,24,25). The number of hydrogen-bond acceptors (Lipinski definition) is 4. The molecule has 2 aromatic carbocycles. The number of halogens is 1. The van der Waals surface area contributed by atoms with Gasteiger partial charge in [-0.3, -0.25) is 10.1 Å². The van der Waals surface area contributed by atoms with Crippen molar-refractivity contribution in [3.63, 3.8) is 0 Å². The predicted octanol–water partition coefficient (Wildman–Crippen LogP) is 6.01. The highest BCUT2D eigenvalue weighted by Gasteiger charge is 2.15. The molecular formula is C21H21ClN2O2S. The second-order valence-corrected chi connectivity index (χ2v) is 8.28. The Bertz CT molecular complexity index is 933. The highest BCUT2D eigenvalue weighted by atomic mass is 35.5. The molecule has 27 heavy (non-hydrogen) atoms. The number of thiazole rings is 1. The molecule has 1 saturated carbocycles. The molecule has 1 aliphatic carbocycles. The maximum Gasteiger partial charge on any atom is 0.264 e. The van der Waals surface area contributed by atoms with Crippen LogP contribution in [-0.2, 0) is 4.79 Å². The normalized spacial score (nSPS) is 15.0. The number of fused-ring (bicyclic) bond motifs is 1. The van der Waals surface area contributed by atoms with E-state index in [1.165, 1.54) is 49.0 Å². The molecule has 4 rings (SSSR count). The number of ether oxygens (including phenoxy) is 1. The third kappa shape index (κ3) is 4.42. The van der Waals surface area contributed by atoms with Crippen molar-refractivity contribution in [2.45, 2.75) is 38.0 Å². The Kier molecular flexibility index (Phi) is 5.60. The minimum atomic E-state index is -0.235. The van der Waals surface area contributed by atoms with Gasteiger partial charge in [-0.05, 0) is 48.6 Å². The second kappa shape index (κ2) is 8.28. The Hall–Kier alpha value is -2.11. The fourth-order valence-corrected chi connectivity index (χ4v) is 4.73. The quantitative estimate of drug-likeness (QED) is 0.570. The molecule has 140 valence electrons. The topological polar surface area (TPSA) is 51.2 Å². The van der Waals surface area contributed by atoms with Crippen LogP contribution in [0.3, 0.4) is 0 Å². The van der Waals surface area contributed by atoms with Crippen LogP contribution in [0.5, 0.6) is 5.75 Å². The van der Waals surface area contributed by atoms with Crippen molar-refractivity contribution in [1.29, 1.82) is 0 Å². The van der Waals surface area contributed by atoms with Crippen molar-refractivity contribution in [3.05, 3.63) is 53.1 Å². The van der Waals surface area contributed by atoms with E-state index in [0.29, 0.717) is 27.3 Å². The Balaban J connectivity index is 1.32. The number of nitrogens with one attached hydrogen (secondary N) is 1. The molecular weight excluding hydrogens is 380 g/mol. The minimum Gasteiger partial charge on any atom is -0.484 e. The van der Waals surface area contributed by atoms with E-state index in [-0.39, 0.29) is 12.5 Å². The van der Waals surface area contributed by atoms with Gasteiger partial charge in [0.25, 0.3) is 5.91 Å². The monoisotopic (exact) mass is 400 g/mol. The molecule has 0 unspecified atom stereocenters. The first kappa shape index (κ1) is 18.3. The molecule has 1 aliphatic rings. The lowest BCUT2D eigenvalue weighted by atomic mass is 9.84. The van der Waals surface area contributed by atoms with Crippen LogP contribution in [0.2, 0.25) is 5.02 Å². The average Bonchev–Trinajstić information content (AvgIpc) is 3.11. The summed E-state index contributed by atoms with van der Waals surface area (Å²) in [6, 6.07) is 13.7. The zero-order valence-electron chi connectivity index (χ0n) is 14.9. The molecule has 6 heteroatoms. The van der Waals surface area contributed by atoms with Gasteiger partial charge in [-0.25, -0.2) is 4.98 Å². The van der Waals surface area contributed by atoms with Gasteiger partial charge in [0.15, 0.2) is 11.7 Å². The molecule has 1 amide bonds. The van der Waals surface area contributed by atoms with E-state index in [1.54, 1.807) is 6.07 Å². The highest BCUT2D eigenvalue weighted by molar-refractivity contribution is 7.22. The number of amides is 1. The summed E-state index contributed by atoms with van der Waals surface area (Å²) in [4.78, 5) is 16.5. The number of para-hydroxylation sites is 1. The van der Waals surface area contributed by atoms with Gasteiger partial charge in [0, 0.05) is 0 Å². The molecule has 1 aromatic heterocycles. The third-order valence-corrected chi connectivity index (χ3v) is 6.18. The lowest BCUT2D eigenvalue weighted by molar-refractivity contribution is -0.118. The van der Waals surface area contributed by atoms with E-state index in [1.807, 2.05) is 24.3 Å². The molecule has 0 saturated heterocycles. The van der Waals surface area contributed by atoms with Crippen LogP contribution >= 0.6 is 22.9 Å². The first-order valence-corrected chi connectivity index (χ1v) is 10.5. The van der Waals surface area contributed by atoms with E-state index in [0.717, 1.165) is 4.70 Å². The van der Waals surface area contributed by atoms with E-state index >= 15 is 0 Å². The highest BCUT2D eigenvalue weighted by Crippen LogP contribution is 2.33. The summed E-state index contributed by atoms with van der Waals surface area (Å²) in [6.07, 6.45) is 6.54. The van der Waals surface area contributed by atoms with Crippen molar-refractivity contribution in [1.82, 2.24) is 4.98 Å². The maximum absolute atomic E-state index is 12.2. The number of hydrogen-bond donors (Lipinski definition) is 1. The van der Waals surface area contributed by atoms with Crippen molar-refractivity contribution >= 4 is 44.2 Å². The van der Waals surface area contributed by atoms with Crippen LogP contribution in [0.4, 0.5) is 5.13 Å². The van der Waals surface area contributed by atoms with E-state index in [2.05, 4.69) is 22.4 Å². The molecule has 0 spiro atoms.